The molecule has 2 heterocycles. The molecule has 6 nitrogen and oxygen atoms in total. The summed E-state index contributed by atoms with van der Waals surface area (Å²) in [5, 5.41) is 1.98. The van der Waals surface area contributed by atoms with Gasteiger partial charge in [0.1, 0.15) is 6.61 Å². The molecule has 2 aliphatic rings. The fourth-order valence-corrected chi connectivity index (χ4v) is 6.94. The van der Waals surface area contributed by atoms with E-state index in [4.69, 9.17) is 4.74 Å². The minimum atomic E-state index is -3.83. The lowest BCUT2D eigenvalue weighted by Gasteiger charge is -2.37. The summed E-state index contributed by atoms with van der Waals surface area (Å²) in [5.41, 5.74) is 1.95. The Bertz CT molecular complexity index is 1340. The van der Waals surface area contributed by atoms with E-state index in [1.54, 1.807) is 58.7 Å². The molecule has 1 aliphatic carbocycles. The molecule has 1 saturated carbocycles. The van der Waals surface area contributed by atoms with Crippen molar-refractivity contribution in [2.24, 2.45) is 5.92 Å². The molecule has 1 amide bonds. The lowest BCUT2D eigenvalue weighted by Crippen LogP contribution is -2.48. The Hall–Kier alpha value is -2.75. The first kappa shape index (κ1) is 24.9. The van der Waals surface area contributed by atoms with Gasteiger partial charge < -0.3 is 9.64 Å². The second-order valence-electron chi connectivity index (χ2n) is 9.45. The van der Waals surface area contributed by atoms with Gasteiger partial charge in [-0.3, -0.25) is 4.79 Å². The third kappa shape index (κ3) is 5.33. The lowest BCUT2D eigenvalue weighted by molar-refractivity contribution is -0.135. The van der Waals surface area contributed by atoms with E-state index in [0.717, 1.165) is 24.0 Å². The summed E-state index contributed by atoms with van der Waals surface area (Å²) in [4.78, 5) is 16.7. The van der Waals surface area contributed by atoms with E-state index in [9.17, 15) is 17.6 Å². The molecule has 5 rings (SSSR count). The van der Waals surface area contributed by atoms with Gasteiger partial charge in [0.05, 0.1) is 17.5 Å². The van der Waals surface area contributed by atoms with Gasteiger partial charge in [-0.1, -0.05) is 29.8 Å². The van der Waals surface area contributed by atoms with E-state index in [1.165, 1.54) is 15.2 Å². The number of ether oxygens (including phenoxy) is 1. The summed E-state index contributed by atoms with van der Waals surface area (Å²) < 4.78 is 48.3. The number of hydrogen-bond acceptors (Lipinski definition) is 5. The van der Waals surface area contributed by atoms with Crippen LogP contribution in [0.3, 0.4) is 0 Å². The second-order valence-corrected chi connectivity index (χ2v) is 12.4. The number of halogens is 1. The monoisotopic (exact) mass is 528 g/mol. The van der Waals surface area contributed by atoms with Gasteiger partial charge in [-0.15, -0.1) is 11.3 Å². The molecule has 0 radical (unpaired) electrons. The van der Waals surface area contributed by atoms with Crippen LogP contribution in [0.15, 0.2) is 64.9 Å². The molecule has 1 unspecified atom stereocenters. The third-order valence-corrected chi connectivity index (χ3v) is 9.60. The number of hydrogen-bond donors (Lipinski definition) is 0. The zero-order valence-corrected chi connectivity index (χ0v) is 21.7. The quantitative estimate of drug-likeness (QED) is 0.400. The van der Waals surface area contributed by atoms with Crippen LogP contribution in [-0.2, 0) is 21.2 Å². The first-order valence-corrected chi connectivity index (χ1v) is 14.4. The van der Waals surface area contributed by atoms with Gasteiger partial charge in [0.2, 0.25) is 15.9 Å². The summed E-state index contributed by atoms with van der Waals surface area (Å²) in [5.74, 6) is -0.325. The van der Waals surface area contributed by atoms with Crippen molar-refractivity contribution in [3.05, 3.63) is 81.8 Å². The van der Waals surface area contributed by atoms with Crippen molar-refractivity contribution in [2.45, 2.75) is 37.1 Å². The van der Waals surface area contributed by atoms with Crippen molar-refractivity contribution in [2.75, 3.05) is 26.2 Å². The van der Waals surface area contributed by atoms with Crippen LogP contribution >= 0.6 is 11.3 Å². The fourth-order valence-electron chi connectivity index (χ4n) is 4.54. The number of fused-ring (bicyclic) bond motifs is 1. The Balaban J connectivity index is 1.38. The van der Waals surface area contributed by atoms with Crippen LogP contribution in [0, 0.1) is 18.7 Å². The van der Waals surface area contributed by atoms with Crippen molar-refractivity contribution in [1.29, 1.82) is 0 Å². The minimum absolute atomic E-state index is 0.0870. The Kier molecular flexibility index (Phi) is 7.14. The molecule has 190 valence electrons. The number of benzene rings is 2. The molecule has 36 heavy (non-hydrogen) atoms. The first-order valence-electron chi connectivity index (χ1n) is 12.1. The van der Waals surface area contributed by atoms with Crippen molar-refractivity contribution < 1.29 is 22.3 Å². The number of carbonyl (C=O) groups excluding carboxylic acids is 1. The summed E-state index contributed by atoms with van der Waals surface area (Å²) in [6, 6.07) is 14.5. The summed E-state index contributed by atoms with van der Waals surface area (Å²) >= 11 is 1.63. The normalized spacial score (nSPS) is 17.8. The smallest absolute Gasteiger partial charge is 0.243 e. The molecule has 9 heteroatoms. The number of para-hydroxylation sites is 1. The molecule has 1 aromatic heterocycles. The molecule has 0 N–H and O–H groups in total. The first-order chi connectivity index (χ1) is 17.3. The molecular weight excluding hydrogens is 499 g/mol. The SMILES string of the molecule is Cc1ccc(S(=O)(=O)N(CC(=O)N2CCc3sccc3C2COc2ccccc2F)CC2CC2)cc1. The van der Waals surface area contributed by atoms with Gasteiger partial charge in [-0.2, -0.15) is 4.31 Å². The topological polar surface area (TPSA) is 66.9 Å². The molecule has 1 aliphatic heterocycles. The number of aryl methyl sites for hydroxylation is 1. The highest BCUT2D eigenvalue weighted by Gasteiger charge is 2.37. The number of thiophene rings is 1. The number of carbonyl (C=O) groups is 1. The number of rotatable bonds is 9. The number of sulfonamides is 1. The van der Waals surface area contributed by atoms with E-state index in [0.29, 0.717) is 19.5 Å². The summed E-state index contributed by atoms with van der Waals surface area (Å²) in [6.07, 6.45) is 2.63. The van der Waals surface area contributed by atoms with Crippen molar-refractivity contribution in [3.8, 4) is 5.75 Å². The number of amides is 1. The molecule has 0 spiro atoms. The van der Waals surface area contributed by atoms with E-state index >= 15 is 0 Å². The molecule has 0 saturated heterocycles. The van der Waals surface area contributed by atoms with Crippen LogP contribution in [0.5, 0.6) is 5.75 Å². The van der Waals surface area contributed by atoms with Crippen LogP contribution < -0.4 is 4.74 Å². The fraction of sp³-hybridized carbons (Fsp3) is 0.370. The van der Waals surface area contributed by atoms with Gasteiger partial charge >= 0.3 is 0 Å². The van der Waals surface area contributed by atoms with Gasteiger partial charge in [-0.25, -0.2) is 12.8 Å². The lowest BCUT2D eigenvalue weighted by atomic mass is 10.0. The highest BCUT2D eigenvalue weighted by Crippen LogP contribution is 2.35. The van der Waals surface area contributed by atoms with Gasteiger partial charge in [-0.05, 0) is 73.4 Å². The summed E-state index contributed by atoms with van der Waals surface area (Å²) in [6.45, 7) is 2.54. The van der Waals surface area contributed by atoms with Crippen LogP contribution in [-0.4, -0.2) is 49.8 Å². The Morgan fingerprint density at radius 1 is 1.14 bits per heavy atom. The van der Waals surface area contributed by atoms with E-state index in [1.807, 2.05) is 18.4 Å². The molecule has 2 aromatic carbocycles. The zero-order valence-electron chi connectivity index (χ0n) is 20.1. The molecule has 3 aromatic rings. The van der Waals surface area contributed by atoms with Gasteiger partial charge in [0.15, 0.2) is 11.6 Å². The van der Waals surface area contributed by atoms with E-state index in [2.05, 4.69) is 0 Å². The van der Waals surface area contributed by atoms with Crippen LogP contribution in [0.1, 0.15) is 34.9 Å². The largest absolute Gasteiger partial charge is 0.488 e. The van der Waals surface area contributed by atoms with Gasteiger partial charge in [0, 0.05) is 18.0 Å². The molecule has 1 fully saturated rings. The molecular formula is C27H29FN2O4S2. The average molecular weight is 529 g/mol. The number of nitrogens with zero attached hydrogens (tertiary/aromatic N) is 2. The maximum atomic E-state index is 14.2. The van der Waals surface area contributed by atoms with Gasteiger partial charge in [0.25, 0.3) is 0 Å². The maximum Gasteiger partial charge on any atom is 0.243 e. The van der Waals surface area contributed by atoms with E-state index < -0.39 is 21.9 Å². The minimum Gasteiger partial charge on any atom is -0.488 e. The van der Waals surface area contributed by atoms with Crippen LogP contribution in [0.25, 0.3) is 0 Å². The third-order valence-electron chi connectivity index (χ3n) is 6.78. The van der Waals surface area contributed by atoms with Crippen LogP contribution in [0.4, 0.5) is 4.39 Å². The Labute approximate surface area is 215 Å². The second kappa shape index (κ2) is 10.3. The summed E-state index contributed by atoms with van der Waals surface area (Å²) in [7, 11) is -3.83. The van der Waals surface area contributed by atoms with Crippen LogP contribution in [0.2, 0.25) is 0 Å². The molecule has 0 bridgehead atoms. The highest BCUT2D eigenvalue weighted by atomic mass is 32.2. The predicted molar refractivity (Wildman–Crippen MR) is 137 cm³/mol. The highest BCUT2D eigenvalue weighted by molar-refractivity contribution is 7.89. The average Bonchev–Trinajstić information content (AvgIpc) is 3.55. The maximum absolute atomic E-state index is 14.2. The Morgan fingerprint density at radius 3 is 2.61 bits per heavy atom. The standard InChI is InChI=1S/C27H29FN2O4S2/c1-19-6-10-21(11-7-19)36(32,33)29(16-20-8-9-20)17-27(31)30-14-12-26-22(13-15-35-26)24(30)18-34-25-5-3-2-4-23(25)28/h2-7,10-11,13,15,20,24H,8-9,12,14,16-18H2,1H3. The Morgan fingerprint density at radius 2 is 1.89 bits per heavy atom. The molecule has 1 atom stereocenters. The van der Waals surface area contributed by atoms with E-state index in [-0.39, 0.29) is 35.6 Å². The predicted octanol–water partition coefficient (Wildman–Crippen LogP) is 4.80. The van der Waals surface area contributed by atoms with Crippen molar-refractivity contribution >= 4 is 27.3 Å². The van der Waals surface area contributed by atoms with Crippen molar-refractivity contribution in [1.82, 2.24) is 9.21 Å². The zero-order chi connectivity index (χ0) is 25.3. The van der Waals surface area contributed by atoms with Crippen molar-refractivity contribution in [3.63, 3.8) is 0 Å².